The van der Waals surface area contributed by atoms with E-state index in [1.165, 1.54) is 24.3 Å². The number of halogens is 1. The molecule has 8 nitrogen and oxygen atoms in total. The van der Waals surface area contributed by atoms with Gasteiger partial charge in [0.1, 0.15) is 25.5 Å². The maximum absolute atomic E-state index is 13.5. The number of amides is 1. The van der Waals surface area contributed by atoms with Crippen LogP contribution in [0.15, 0.2) is 71.6 Å². The molecule has 0 bridgehead atoms. The van der Waals surface area contributed by atoms with Gasteiger partial charge in [0.25, 0.3) is 10.0 Å². The number of fused-ring (bicyclic) bond motifs is 1. The van der Waals surface area contributed by atoms with Crippen molar-refractivity contribution < 1.29 is 27.4 Å². The Balaban J connectivity index is 1.61. The average molecular weight is 503 g/mol. The summed E-state index contributed by atoms with van der Waals surface area (Å²) in [4.78, 5) is 12.9. The van der Waals surface area contributed by atoms with Crippen LogP contribution in [0.2, 0.25) is 5.02 Å². The highest BCUT2D eigenvalue weighted by Crippen LogP contribution is 2.33. The number of ether oxygens (including phenoxy) is 3. The van der Waals surface area contributed by atoms with Crippen LogP contribution in [0.25, 0.3) is 0 Å². The predicted octanol–water partition coefficient (Wildman–Crippen LogP) is 4.34. The summed E-state index contributed by atoms with van der Waals surface area (Å²) in [5, 5.41) is 3.14. The van der Waals surface area contributed by atoms with Gasteiger partial charge < -0.3 is 19.5 Å². The van der Waals surface area contributed by atoms with E-state index in [1.807, 2.05) is 6.92 Å². The smallest absolute Gasteiger partial charge is 0.264 e. The van der Waals surface area contributed by atoms with Crippen molar-refractivity contribution in [3.05, 3.63) is 71.8 Å². The molecule has 0 unspecified atom stereocenters. The second kappa shape index (κ2) is 10.2. The first kappa shape index (κ1) is 23.7. The predicted molar refractivity (Wildman–Crippen MR) is 130 cm³/mol. The molecule has 0 saturated heterocycles. The van der Waals surface area contributed by atoms with Gasteiger partial charge in [0.15, 0.2) is 11.5 Å². The monoisotopic (exact) mass is 502 g/mol. The Morgan fingerprint density at radius 2 is 1.68 bits per heavy atom. The van der Waals surface area contributed by atoms with Gasteiger partial charge in [-0.3, -0.25) is 9.10 Å². The van der Waals surface area contributed by atoms with E-state index in [0.29, 0.717) is 53.5 Å². The van der Waals surface area contributed by atoms with Crippen molar-refractivity contribution in [3.8, 4) is 17.2 Å². The van der Waals surface area contributed by atoms with Gasteiger partial charge in [0, 0.05) is 16.8 Å². The van der Waals surface area contributed by atoms with Gasteiger partial charge in [0.2, 0.25) is 5.91 Å². The van der Waals surface area contributed by atoms with Gasteiger partial charge in [-0.25, -0.2) is 8.42 Å². The molecule has 0 aromatic heterocycles. The molecule has 1 heterocycles. The fourth-order valence-electron chi connectivity index (χ4n) is 3.38. The quantitative estimate of drug-likeness (QED) is 0.492. The van der Waals surface area contributed by atoms with E-state index >= 15 is 0 Å². The molecule has 1 N–H and O–H groups in total. The molecule has 10 heteroatoms. The summed E-state index contributed by atoms with van der Waals surface area (Å²) < 4.78 is 44.5. The van der Waals surface area contributed by atoms with Crippen LogP contribution in [-0.4, -0.2) is 40.7 Å². The van der Waals surface area contributed by atoms with Gasteiger partial charge in [-0.2, -0.15) is 0 Å². The van der Waals surface area contributed by atoms with Gasteiger partial charge >= 0.3 is 0 Å². The molecule has 0 spiro atoms. The van der Waals surface area contributed by atoms with Gasteiger partial charge in [0.05, 0.1) is 17.2 Å². The minimum absolute atomic E-state index is 0.0120. The van der Waals surface area contributed by atoms with E-state index in [2.05, 4.69) is 5.32 Å². The molecule has 1 aliphatic rings. The van der Waals surface area contributed by atoms with Crippen LogP contribution >= 0.6 is 11.6 Å². The van der Waals surface area contributed by atoms with E-state index in [1.54, 1.807) is 42.5 Å². The van der Waals surface area contributed by atoms with Crippen molar-refractivity contribution >= 4 is 38.9 Å². The van der Waals surface area contributed by atoms with Gasteiger partial charge in [-0.05, 0) is 67.6 Å². The Labute approximate surface area is 203 Å². The Kier molecular flexibility index (Phi) is 7.14. The third kappa shape index (κ3) is 5.37. The number of nitrogens with one attached hydrogen (secondary N) is 1. The van der Waals surface area contributed by atoms with Gasteiger partial charge in [-0.1, -0.05) is 11.6 Å². The molecule has 4 rings (SSSR count). The van der Waals surface area contributed by atoms with Crippen LogP contribution in [-0.2, 0) is 14.8 Å². The molecular formula is C24H23ClN2O6S. The first-order valence-corrected chi connectivity index (χ1v) is 12.4. The molecule has 1 aliphatic heterocycles. The van der Waals surface area contributed by atoms with Crippen LogP contribution in [0, 0.1) is 0 Å². The second-order valence-electron chi connectivity index (χ2n) is 7.30. The summed E-state index contributed by atoms with van der Waals surface area (Å²) in [7, 11) is -4.07. The molecule has 0 aliphatic carbocycles. The topological polar surface area (TPSA) is 94.2 Å². The van der Waals surface area contributed by atoms with E-state index < -0.39 is 22.5 Å². The Morgan fingerprint density at radius 3 is 2.35 bits per heavy atom. The summed E-state index contributed by atoms with van der Waals surface area (Å²) in [5.41, 5.74) is 0.778. The standard InChI is InChI=1S/C24H23ClN2O6S/c1-2-31-20-8-6-19(7-9-20)27(34(29,30)21-10-3-17(25)4-11-21)16-24(28)26-18-5-12-22-23(15-18)33-14-13-32-22/h3-12,15H,2,13-14,16H2,1H3,(H,26,28). The number of anilines is 2. The summed E-state index contributed by atoms with van der Waals surface area (Å²) in [5.74, 6) is 1.17. The normalized spacial score (nSPS) is 12.6. The van der Waals surface area contributed by atoms with Gasteiger partial charge in [-0.15, -0.1) is 0 Å². The first-order valence-electron chi connectivity index (χ1n) is 10.6. The second-order valence-corrected chi connectivity index (χ2v) is 9.60. The number of benzene rings is 3. The van der Waals surface area contributed by atoms with Crippen LogP contribution in [0.3, 0.4) is 0 Å². The molecule has 1 amide bonds. The van der Waals surface area contributed by atoms with Crippen LogP contribution in [0.4, 0.5) is 11.4 Å². The number of nitrogens with zero attached hydrogens (tertiary/aromatic N) is 1. The zero-order chi connectivity index (χ0) is 24.1. The number of carbonyl (C=O) groups excluding carboxylic acids is 1. The number of hydrogen-bond donors (Lipinski definition) is 1. The average Bonchev–Trinajstić information content (AvgIpc) is 2.83. The number of rotatable bonds is 8. The minimum atomic E-state index is -4.07. The van der Waals surface area contributed by atoms with Crippen molar-refractivity contribution in [3.63, 3.8) is 0 Å². The highest BCUT2D eigenvalue weighted by molar-refractivity contribution is 7.92. The maximum Gasteiger partial charge on any atom is 0.264 e. The minimum Gasteiger partial charge on any atom is -0.494 e. The van der Waals surface area contributed by atoms with Crippen molar-refractivity contribution in [2.45, 2.75) is 11.8 Å². The molecule has 0 atom stereocenters. The lowest BCUT2D eigenvalue weighted by Crippen LogP contribution is -2.38. The summed E-state index contributed by atoms with van der Waals surface area (Å²) in [6.07, 6.45) is 0. The first-order chi connectivity index (χ1) is 16.4. The molecule has 3 aromatic rings. The molecule has 0 saturated carbocycles. The van der Waals surface area contributed by atoms with E-state index in [4.69, 9.17) is 25.8 Å². The molecular weight excluding hydrogens is 480 g/mol. The Bertz CT molecular complexity index is 1260. The fourth-order valence-corrected chi connectivity index (χ4v) is 4.92. The fraction of sp³-hybridized carbons (Fsp3) is 0.208. The number of carbonyl (C=O) groups is 1. The molecule has 0 fully saturated rings. The zero-order valence-electron chi connectivity index (χ0n) is 18.4. The maximum atomic E-state index is 13.5. The summed E-state index contributed by atoms with van der Waals surface area (Å²) >= 11 is 5.92. The van der Waals surface area contributed by atoms with Crippen LogP contribution < -0.4 is 23.8 Å². The van der Waals surface area contributed by atoms with E-state index in [-0.39, 0.29) is 4.90 Å². The van der Waals surface area contributed by atoms with Crippen molar-refractivity contribution in [2.75, 3.05) is 36.0 Å². The van der Waals surface area contributed by atoms with E-state index in [9.17, 15) is 13.2 Å². The number of hydrogen-bond acceptors (Lipinski definition) is 6. The Hall–Kier alpha value is -3.43. The number of sulfonamides is 1. The molecule has 34 heavy (non-hydrogen) atoms. The van der Waals surface area contributed by atoms with Crippen molar-refractivity contribution in [1.29, 1.82) is 0 Å². The van der Waals surface area contributed by atoms with Crippen LogP contribution in [0.1, 0.15) is 6.92 Å². The lowest BCUT2D eigenvalue weighted by Gasteiger charge is -2.24. The lowest BCUT2D eigenvalue weighted by atomic mass is 10.2. The highest BCUT2D eigenvalue weighted by atomic mass is 35.5. The van der Waals surface area contributed by atoms with Crippen LogP contribution in [0.5, 0.6) is 17.2 Å². The van der Waals surface area contributed by atoms with Crippen molar-refractivity contribution in [2.24, 2.45) is 0 Å². The summed E-state index contributed by atoms with van der Waals surface area (Å²) in [6.45, 7) is 2.75. The molecule has 178 valence electrons. The van der Waals surface area contributed by atoms with E-state index in [0.717, 1.165) is 4.31 Å². The Morgan fingerprint density at radius 1 is 1.00 bits per heavy atom. The summed E-state index contributed by atoms with van der Waals surface area (Å²) in [6, 6.07) is 17.3. The third-order valence-corrected chi connectivity index (χ3v) is 6.99. The third-order valence-electron chi connectivity index (χ3n) is 4.95. The SMILES string of the molecule is CCOc1ccc(N(CC(=O)Nc2ccc3c(c2)OCCO3)S(=O)(=O)c2ccc(Cl)cc2)cc1. The zero-order valence-corrected chi connectivity index (χ0v) is 19.9. The largest absolute Gasteiger partial charge is 0.494 e. The highest BCUT2D eigenvalue weighted by Gasteiger charge is 2.27. The lowest BCUT2D eigenvalue weighted by molar-refractivity contribution is -0.114. The van der Waals surface area contributed by atoms with Crippen molar-refractivity contribution in [1.82, 2.24) is 0 Å². The molecule has 3 aromatic carbocycles. The molecule has 0 radical (unpaired) electrons.